The lowest BCUT2D eigenvalue weighted by atomic mass is 10.1. The number of oxime groups is 1. The molecule has 3 aromatic rings. The van der Waals surface area contributed by atoms with E-state index in [1.54, 1.807) is 18.3 Å². The van der Waals surface area contributed by atoms with E-state index in [0.29, 0.717) is 5.56 Å². The van der Waals surface area contributed by atoms with Crippen molar-refractivity contribution in [2.45, 2.75) is 0 Å². The SMILES string of the molecule is CO/N=C/c1ccc(C(=O)Nc2cccc3ccccc23)cc1. The monoisotopic (exact) mass is 304 g/mol. The fourth-order valence-corrected chi connectivity index (χ4v) is 2.36. The summed E-state index contributed by atoms with van der Waals surface area (Å²) < 4.78 is 0. The van der Waals surface area contributed by atoms with E-state index >= 15 is 0 Å². The van der Waals surface area contributed by atoms with Crippen molar-refractivity contribution >= 4 is 28.6 Å². The molecule has 23 heavy (non-hydrogen) atoms. The van der Waals surface area contributed by atoms with Crippen LogP contribution in [0.5, 0.6) is 0 Å². The number of amides is 1. The molecule has 1 amide bonds. The molecular weight excluding hydrogens is 288 g/mol. The van der Waals surface area contributed by atoms with Crippen LogP contribution >= 0.6 is 0 Å². The predicted octanol–water partition coefficient (Wildman–Crippen LogP) is 4.07. The minimum Gasteiger partial charge on any atom is -0.399 e. The summed E-state index contributed by atoms with van der Waals surface area (Å²) in [5.74, 6) is -0.142. The second-order valence-electron chi connectivity index (χ2n) is 5.02. The molecule has 3 aromatic carbocycles. The van der Waals surface area contributed by atoms with Gasteiger partial charge in [-0.2, -0.15) is 0 Å². The molecule has 3 rings (SSSR count). The van der Waals surface area contributed by atoms with Gasteiger partial charge in [-0.15, -0.1) is 0 Å². The predicted molar refractivity (Wildman–Crippen MR) is 92.9 cm³/mol. The highest BCUT2D eigenvalue weighted by atomic mass is 16.6. The molecule has 0 aromatic heterocycles. The van der Waals surface area contributed by atoms with Crippen LogP contribution in [0.1, 0.15) is 15.9 Å². The van der Waals surface area contributed by atoms with Gasteiger partial charge in [-0.05, 0) is 29.1 Å². The Balaban J connectivity index is 1.82. The van der Waals surface area contributed by atoms with E-state index < -0.39 is 0 Å². The lowest BCUT2D eigenvalue weighted by molar-refractivity contribution is 0.102. The van der Waals surface area contributed by atoms with Crippen molar-refractivity contribution in [1.29, 1.82) is 0 Å². The summed E-state index contributed by atoms with van der Waals surface area (Å²) >= 11 is 0. The molecule has 1 N–H and O–H groups in total. The van der Waals surface area contributed by atoms with Gasteiger partial charge in [0.1, 0.15) is 7.11 Å². The Morgan fingerprint density at radius 3 is 2.52 bits per heavy atom. The maximum absolute atomic E-state index is 12.4. The molecule has 0 bridgehead atoms. The first-order valence-electron chi connectivity index (χ1n) is 7.23. The van der Waals surface area contributed by atoms with Gasteiger partial charge in [0.15, 0.2) is 0 Å². The number of fused-ring (bicyclic) bond motifs is 1. The summed E-state index contributed by atoms with van der Waals surface area (Å²) in [4.78, 5) is 17.0. The Morgan fingerprint density at radius 1 is 1.00 bits per heavy atom. The van der Waals surface area contributed by atoms with Gasteiger partial charge >= 0.3 is 0 Å². The number of carbonyl (C=O) groups excluding carboxylic acids is 1. The molecule has 0 saturated carbocycles. The van der Waals surface area contributed by atoms with E-state index in [2.05, 4.69) is 15.3 Å². The minimum absolute atomic E-state index is 0.142. The number of rotatable bonds is 4. The first kappa shape index (κ1) is 14.8. The normalized spacial score (nSPS) is 10.8. The molecule has 0 spiro atoms. The van der Waals surface area contributed by atoms with E-state index in [9.17, 15) is 4.79 Å². The molecular formula is C19H16N2O2. The number of nitrogens with zero attached hydrogens (tertiary/aromatic N) is 1. The molecule has 4 heteroatoms. The van der Waals surface area contributed by atoms with Crippen molar-refractivity contribution in [3.8, 4) is 0 Å². The minimum atomic E-state index is -0.142. The highest BCUT2D eigenvalue weighted by molar-refractivity contribution is 6.09. The zero-order valence-corrected chi connectivity index (χ0v) is 12.7. The first-order chi connectivity index (χ1) is 11.3. The van der Waals surface area contributed by atoms with Crippen LogP contribution in [0.4, 0.5) is 5.69 Å². The van der Waals surface area contributed by atoms with Gasteiger partial charge in [0, 0.05) is 16.6 Å². The van der Waals surface area contributed by atoms with Gasteiger partial charge in [0.05, 0.1) is 6.21 Å². The Morgan fingerprint density at radius 2 is 1.74 bits per heavy atom. The van der Waals surface area contributed by atoms with Crippen LogP contribution in [0.2, 0.25) is 0 Å². The third-order valence-electron chi connectivity index (χ3n) is 3.52. The second kappa shape index (κ2) is 6.75. The molecule has 114 valence electrons. The zero-order chi connectivity index (χ0) is 16.1. The van der Waals surface area contributed by atoms with Gasteiger partial charge in [0.25, 0.3) is 5.91 Å². The van der Waals surface area contributed by atoms with Crippen LogP contribution < -0.4 is 5.32 Å². The summed E-state index contributed by atoms with van der Waals surface area (Å²) in [5, 5.41) is 8.77. The van der Waals surface area contributed by atoms with Gasteiger partial charge < -0.3 is 10.2 Å². The summed E-state index contributed by atoms with van der Waals surface area (Å²) in [6.07, 6.45) is 1.59. The van der Waals surface area contributed by atoms with Gasteiger partial charge in [-0.3, -0.25) is 4.79 Å². The first-order valence-corrected chi connectivity index (χ1v) is 7.23. The number of carbonyl (C=O) groups is 1. The standard InChI is InChI=1S/C19H16N2O2/c1-23-20-13-14-9-11-16(12-10-14)19(22)21-18-8-4-6-15-5-2-3-7-17(15)18/h2-13H,1H3,(H,21,22)/b20-13+. The molecule has 0 unspecified atom stereocenters. The van der Waals surface area contributed by atoms with Crippen molar-refractivity contribution in [2.24, 2.45) is 5.16 Å². The van der Waals surface area contributed by atoms with E-state index in [4.69, 9.17) is 0 Å². The van der Waals surface area contributed by atoms with Crippen molar-refractivity contribution in [2.75, 3.05) is 12.4 Å². The Kier molecular flexibility index (Phi) is 4.34. The highest BCUT2D eigenvalue weighted by Crippen LogP contribution is 2.23. The van der Waals surface area contributed by atoms with Crippen LogP contribution in [0.15, 0.2) is 71.9 Å². The van der Waals surface area contributed by atoms with Crippen molar-refractivity contribution in [3.05, 3.63) is 77.9 Å². The van der Waals surface area contributed by atoms with Crippen LogP contribution in [0.25, 0.3) is 10.8 Å². The molecule has 4 nitrogen and oxygen atoms in total. The fourth-order valence-electron chi connectivity index (χ4n) is 2.36. The van der Waals surface area contributed by atoms with Gasteiger partial charge in [-0.1, -0.05) is 53.7 Å². The molecule has 0 fully saturated rings. The van der Waals surface area contributed by atoms with E-state index in [1.807, 2.05) is 54.6 Å². The van der Waals surface area contributed by atoms with E-state index in [0.717, 1.165) is 22.0 Å². The lowest BCUT2D eigenvalue weighted by Crippen LogP contribution is -2.12. The van der Waals surface area contributed by atoms with Crippen LogP contribution in [0.3, 0.4) is 0 Å². The summed E-state index contributed by atoms with van der Waals surface area (Å²) in [5.41, 5.74) is 2.26. The fraction of sp³-hybridized carbons (Fsp3) is 0.0526. The maximum Gasteiger partial charge on any atom is 0.255 e. The molecule has 0 saturated heterocycles. The smallest absolute Gasteiger partial charge is 0.255 e. The second-order valence-corrected chi connectivity index (χ2v) is 5.02. The highest BCUT2D eigenvalue weighted by Gasteiger charge is 2.08. The van der Waals surface area contributed by atoms with Crippen molar-refractivity contribution < 1.29 is 9.63 Å². The van der Waals surface area contributed by atoms with Crippen LogP contribution in [-0.2, 0) is 4.84 Å². The van der Waals surface area contributed by atoms with Gasteiger partial charge in [-0.25, -0.2) is 0 Å². The Hall–Kier alpha value is -3.14. The third-order valence-corrected chi connectivity index (χ3v) is 3.52. The summed E-state index contributed by atoms with van der Waals surface area (Å²) in [6.45, 7) is 0. The average Bonchev–Trinajstić information content (AvgIpc) is 2.60. The number of hydrogen-bond donors (Lipinski definition) is 1. The average molecular weight is 304 g/mol. The summed E-state index contributed by atoms with van der Waals surface area (Å²) in [7, 11) is 1.49. The van der Waals surface area contributed by atoms with Crippen molar-refractivity contribution in [1.82, 2.24) is 0 Å². The van der Waals surface area contributed by atoms with Gasteiger partial charge in [0.2, 0.25) is 0 Å². The molecule has 0 aliphatic rings. The van der Waals surface area contributed by atoms with E-state index in [-0.39, 0.29) is 5.91 Å². The Bertz CT molecular complexity index is 849. The molecule has 0 heterocycles. The molecule has 0 aliphatic carbocycles. The molecule has 0 atom stereocenters. The lowest BCUT2D eigenvalue weighted by Gasteiger charge is -2.09. The summed E-state index contributed by atoms with van der Waals surface area (Å²) in [6, 6.07) is 21.0. The van der Waals surface area contributed by atoms with Crippen molar-refractivity contribution in [3.63, 3.8) is 0 Å². The van der Waals surface area contributed by atoms with Crippen LogP contribution in [0, 0.1) is 0 Å². The number of hydrogen-bond acceptors (Lipinski definition) is 3. The largest absolute Gasteiger partial charge is 0.399 e. The molecule has 0 aliphatic heterocycles. The Labute approximate surface area is 134 Å². The zero-order valence-electron chi connectivity index (χ0n) is 12.7. The van der Waals surface area contributed by atoms with E-state index in [1.165, 1.54) is 7.11 Å². The maximum atomic E-state index is 12.4. The topological polar surface area (TPSA) is 50.7 Å². The molecule has 0 radical (unpaired) electrons. The number of benzene rings is 3. The van der Waals surface area contributed by atoms with Crippen LogP contribution in [-0.4, -0.2) is 19.2 Å². The number of nitrogens with one attached hydrogen (secondary N) is 1. The third kappa shape index (κ3) is 3.37. The number of anilines is 1. The quantitative estimate of drug-likeness (QED) is 0.583.